The number of aromatic nitrogens is 2. The molecule has 0 amide bonds. The van der Waals surface area contributed by atoms with Crippen molar-refractivity contribution in [1.82, 2.24) is 20.2 Å². The third-order valence-electron chi connectivity index (χ3n) is 4.54. The van der Waals surface area contributed by atoms with Crippen molar-refractivity contribution in [3.63, 3.8) is 0 Å². The highest BCUT2D eigenvalue weighted by Crippen LogP contribution is 2.13. The van der Waals surface area contributed by atoms with Crippen molar-refractivity contribution in [3.8, 4) is 0 Å². The smallest absolute Gasteiger partial charge is 0.225 e. The monoisotopic (exact) mass is 512 g/mol. The van der Waals surface area contributed by atoms with Gasteiger partial charge in [-0.15, -0.1) is 24.0 Å². The van der Waals surface area contributed by atoms with E-state index in [1.807, 2.05) is 24.9 Å². The van der Waals surface area contributed by atoms with Crippen LogP contribution in [0.1, 0.15) is 11.1 Å². The maximum Gasteiger partial charge on any atom is 0.225 e. The van der Waals surface area contributed by atoms with E-state index in [2.05, 4.69) is 61.3 Å². The molecule has 1 aromatic heterocycles. The van der Waals surface area contributed by atoms with E-state index in [1.165, 1.54) is 11.1 Å². The lowest BCUT2D eigenvalue weighted by Gasteiger charge is -2.36. The highest BCUT2D eigenvalue weighted by Gasteiger charge is 2.20. The van der Waals surface area contributed by atoms with E-state index in [4.69, 9.17) is 0 Å². The van der Waals surface area contributed by atoms with E-state index in [9.17, 15) is 0 Å². The predicted molar refractivity (Wildman–Crippen MR) is 130 cm³/mol. The Morgan fingerprint density at radius 3 is 2.43 bits per heavy atom. The maximum absolute atomic E-state index is 4.45. The molecule has 1 aliphatic rings. The number of hydrogen-bond donors (Lipinski definition) is 1. The number of nitrogens with one attached hydrogen (secondary N) is 1. The standard InChI is InChI=1S/C20H28N6S.HI/c1-17-4-6-18(7-5-17)16-27-15-10-24-19(21-2)25-11-13-26(14-12-25)20-22-8-3-9-23-20;/h3-9H,10-16H2,1-2H3,(H,21,24);1H. The van der Waals surface area contributed by atoms with Gasteiger partial charge in [0.15, 0.2) is 5.96 Å². The first kappa shape index (κ1) is 22.7. The highest BCUT2D eigenvalue weighted by atomic mass is 127. The molecule has 8 heteroatoms. The number of hydrogen-bond acceptors (Lipinski definition) is 5. The molecule has 0 unspecified atom stereocenters. The summed E-state index contributed by atoms with van der Waals surface area (Å²) in [6.07, 6.45) is 3.59. The van der Waals surface area contributed by atoms with Gasteiger partial charge in [0, 0.05) is 63.7 Å². The Balaban J connectivity index is 0.00000280. The summed E-state index contributed by atoms with van der Waals surface area (Å²) in [6.45, 7) is 6.72. The summed E-state index contributed by atoms with van der Waals surface area (Å²) in [5, 5.41) is 3.49. The van der Waals surface area contributed by atoms with Crippen LogP contribution in [0.15, 0.2) is 47.7 Å². The van der Waals surface area contributed by atoms with E-state index in [0.717, 1.165) is 56.1 Å². The van der Waals surface area contributed by atoms with Crippen molar-refractivity contribution < 1.29 is 0 Å². The average Bonchev–Trinajstić information content (AvgIpc) is 2.73. The molecule has 0 aliphatic carbocycles. The topological polar surface area (TPSA) is 56.7 Å². The number of halogens is 1. The summed E-state index contributed by atoms with van der Waals surface area (Å²) in [5.41, 5.74) is 2.70. The second kappa shape index (κ2) is 12.1. The van der Waals surface area contributed by atoms with Gasteiger partial charge in [0.05, 0.1) is 0 Å². The molecule has 1 fully saturated rings. The predicted octanol–water partition coefficient (Wildman–Crippen LogP) is 3.03. The molecule has 0 radical (unpaired) electrons. The molecule has 3 rings (SSSR count). The Kier molecular flexibility index (Phi) is 9.83. The average molecular weight is 512 g/mol. The van der Waals surface area contributed by atoms with Crippen molar-refractivity contribution in [3.05, 3.63) is 53.9 Å². The van der Waals surface area contributed by atoms with Gasteiger partial charge in [-0.2, -0.15) is 11.8 Å². The lowest BCUT2D eigenvalue weighted by atomic mass is 10.2. The molecule has 0 atom stereocenters. The van der Waals surface area contributed by atoms with E-state index >= 15 is 0 Å². The van der Waals surface area contributed by atoms with Crippen molar-refractivity contribution in [2.45, 2.75) is 12.7 Å². The molecule has 2 heterocycles. The Morgan fingerprint density at radius 2 is 1.79 bits per heavy atom. The maximum atomic E-state index is 4.45. The first-order valence-electron chi connectivity index (χ1n) is 9.37. The number of benzene rings is 1. The van der Waals surface area contributed by atoms with Crippen LogP contribution in [0.25, 0.3) is 0 Å². The molecule has 152 valence electrons. The summed E-state index contributed by atoms with van der Waals surface area (Å²) >= 11 is 1.95. The van der Waals surface area contributed by atoms with Gasteiger partial charge in [-0.1, -0.05) is 29.8 Å². The normalized spacial score (nSPS) is 14.6. The quantitative estimate of drug-likeness (QED) is 0.278. The minimum atomic E-state index is 0. The Morgan fingerprint density at radius 1 is 1.11 bits per heavy atom. The van der Waals surface area contributed by atoms with Crippen LogP contribution in [-0.2, 0) is 5.75 Å². The van der Waals surface area contributed by atoms with Gasteiger partial charge in [-0.3, -0.25) is 4.99 Å². The number of piperazine rings is 1. The number of aryl methyl sites for hydroxylation is 1. The fourth-order valence-corrected chi connectivity index (χ4v) is 3.83. The lowest BCUT2D eigenvalue weighted by Crippen LogP contribution is -2.53. The van der Waals surface area contributed by atoms with E-state index in [1.54, 1.807) is 12.4 Å². The second-order valence-electron chi connectivity index (χ2n) is 6.54. The van der Waals surface area contributed by atoms with Crippen molar-refractivity contribution in [2.24, 2.45) is 4.99 Å². The van der Waals surface area contributed by atoms with Gasteiger partial charge >= 0.3 is 0 Å². The molecule has 0 bridgehead atoms. The zero-order chi connectivity index (χ0) is 18.9. The van der Waals surface area contributed by atoms with Crippen LogP contribution in [0.4, 0.5) is 5.95 Å². The van der Waals surface area contributed by atoms with E-state index < -0.39 is 0 Å². The van der Waals surface area contributed by atoms with Crippen LogP contribution in [0.2, 0.25) is 0 Å². The van der Waals surface area contributed by atoms with Gasteiger partial charge < -0.3 is 15.1 Å². The number of anilines is 1. The number of guanidine groups is 1. The Bertz CT molecular complexity index is 717. The number of nitrogens with zero attached hydrogens (tertiary/aromatic N) is 5. The molecule has 1 aliphatic heterocycles. The van der Waals surface area contributed by atoms with E-state index in [-0.39, 0.29) is 24.0 Å². The highest BCUT2D eigenvalue weighted by molar-refractivity contribution is 14.0. The van der Waals surface area contributed by atoms with Gasteiger partial charge in [-0.05, 0) is 18.6 Å². The molecule has 0 saturated carbocycles. The minimum Gasteiger partial charge on any atom is -0.355 e. The zero-order valence-electron chi connectivity index (χ0n) is 16.5. The van der Waals surface area contributed by atoms with Crippen molar-refractivity contribution >= 4 is 47.6 Å². The SMILES string of the molecule is CN=C(NCCSCc1ccc(C)cc1)N1CCN(c2ncccn2)CC1.I. The van der Waals surface area contributed by atoms with Crippen LogP contribution in [0, 0.1) is 6.92 Å². The third kappa shape index (κ3) is 6.80. The zero-order valence-corrected chi connectivity index (χ0v) is 19.7. The van der Waals surface area contributed by atoms with Crippen LogP contribution in [-0.4, -0.2) is 66.4 Å². The lowest BCUT2D eigenvalue weighted by molar-refractivity contribution is 0.371. The molecule has 1 N–H and O–H groups in total. The molecule has 1 aromatic carbocycles. The van der Waals surface area contributed by atoms with Crippen molar-refractivity contribution in [2.75, 3.05) is 50.4 Å². The number of rotatable bonds is 6. The van der Waals surface area contributed by atoms with Crippen LogP contribution < -0.4 is 10.2 Å². The molecule has 1 saturated heterocycles. The fraction of sp³-hybridized carbons (Fsp3) is 0.450. The van der Waals surface area contributed by atoms with E-state index in [0.29, 0.717) is 0 Å². The van der Waals surface area contributed by atoms with Crippen molar-refractivity contribution in [1.29, 1.82) is 0 Å². The largest absolute Gasteiger partial charge is 0.355 e. The first-order valence-corrected chi connectivity index (χ1v) is 10.5. The molecule has 28 heavy (non-hydrogen) atoms. The minimum absolute atomic E-state index is 0. The molecule has 6 nitrogen and oxygen atoms in total. The Hall–Kier alpha value is -1.55. The number of aliphatic imine (C=N–C) groups is 1. The Labute approximate surface area is 189 Å². The summed E-state index contributed by atoms with van der Waals surface area (Å²) in [6, 6.07) is 10.6. The molecular formula is C20H29IN6S. The molecule has 2 aromatic rings. The van der Waals surface area contributed by atoms with Crippen LogP contribution in [0.3, 0.4) is 0 Å². The van der Waals surface area contributed by atoms with Gasteiger partial charge in [0.2, 0.25) is 5.95 Å². The molecule has 0 spiro atoms. The first-order chi connectivity index (χ1) is 13.3. The molecular weight excluding hydrogens is 483 g/mol. The summed E-state index contributed by atoms with van der Waals surface area (Å²) in [7, 11) is 1.86. The third-order valence-corrected chi connectivity index (χ3v) is 5.58. The van der Waals surface area contributed by atoms with Gasteiger partial charge in [0.1, 0.15) is 0 Å². The fourth-order valence-electron chi connectivity index (χ4n) is 3.01. The summed E-state index contributed by atoms with van der Waals surface area (Å²) < 4.78 is 0. The summed E-state index contributed by atoms with van der Waals surface area (Å²) in [4.78, 5) is 17.7. The van der Waals surface area contributed by atoms with Crippen LogP contribution in [0.5, 0.6) is 0 Å². The van der Waals surface area contributed by atoms with Gasteiger partial charge in [-0.25, -0.2) is 9.97 Å². The van der Waals surface area contributed by atoms with Gasteiger partial charge in [0.25, 0.3) is 0 Å². The number of thioether (sulfide) groups is 1. The summed E-state index contributed by atoms with van der Waals surface area (Å²) in [5.74, 6) is 3.91. The van der Waals surface area contributed by atoms with Crippen LogP contribution >= 0.6 is 35.7 Å². The second-order valence-corrected chi connectivity index (χ2v) is 7.64.